The van der Waals surface area contributed by atoms with E-state index in [2.05, 4.69) is 54.5 Å². The molecular formula is C16H32O2Si. The summed E-state index contributed by atoms with van der Waals surface area (Å²) in [6.45, 7) is 17.0. The Labute approximate surface area is 120 Å². The van der Waals surface area contributed by atoms with Crippen LogP contribution in [0.3, 0.4) is 0 Å². The molecule has 1 aliphatic rings. The molecule has 0 bridgehead atoms. The fraction of sp³-hybridized carbons (Fsp3) is 0.875. The number of rotatable bonds is 7. The molecule has 19 heavy (non-hydrogen) atoms. The second-order valence-electron chi connectivity index (χ2n) is 6.70. The van der Waals surface area contributed by atoms with Crippen LogP contribution in [-0.2, 0) is 9.16 Å². The summed E-state index contributed by atoms with van der Waals surface area (Å²) in [6, 6.07) is 0. The Bertz CT molecular complexity index is 275. The minimum absolute atomic E-state index is 0.318. The standard InChI is InChI=1S/C16H32O2Si/c1-8-16-15(9-10-17-16)11-18-19(12(2)3,13(4)5)14(6)7/h9-10,12-16H,8,11H2,1-7H3/t15-,16-/m0/s1. The molecule has 2 atom stereocenters. The van der Waals surface area contributed by atoms with Gasteiger partial charge in [0.1, 0.15) is 6.10 Å². The summed E-state index contributed by atoms with van der Waals surface area (Å²) < 4.78 is 12.3. The molecule has 0 N–H and O–H groups in total. The summed E-state index contributed by atoms with van der Waals surface area (Å²) in [5.74, 6) is 0.438. The lowest BCUT2D eigenvalue weighted by atomic mass is 10.0. The molecule has 0 unspecified atom stereocenters. The molecule has 3 heteroatoms. The highest BCUT2D eigenvalue weighted by molar-refractivity contribution is 6.77. The van der Waals surface area contributed by atoms with E-state index in [-0.39, 0.29) is 0 Å². The summed E-state index contributed by atoms with van der Waals surface area (Å²) in [6.07, 6.45) is 5.40. The van der Waals surface area contributed by atoms with Crippen molar-refractivity contribution in [3.05, 3.63) is 12.3 Å². The Morgan fingerprint density at radius 1 is 1.05 bits per heavy atom. The summed E-state index contributed by atoms with van der Waals surface area (Å²) in [4.78, 5) is 0. The van der Waals surface area contributed by atoms with Crippen LogP contribution in [0.1, 0.15) is 54.9 Å². The number of hydrogen-bond donors (Lipinski definition) is 0. The van der Waals surface area contributed by atoms with E-state index < -0.39 is 8.32 Å². The predicted molar refractivity (Wildman–Crippen MR) is 84.8 cm³/mol. The lowest BCUT2D eigenvalue weighted by Crippen LogP contribution is -2.49. The van der Waals surface area contributed by atoms with Crippen molar-refractivity contribution < 1.29 is 9.16 Å². The maximum Gasteiger partial charge on any atom is 0.200 e. The van der Waals surface area contributed by atoms with Gasteiger partial charge in [-0.1, -0.05) is 48.5 Å². The maximum atomic E-state index is 6.64. The van der Waals surface area contributed by atoms with Crippen molar-refractivity contribution in [1.82, 2.24) is 0 Å². The SMILES string of the molecule is CC[C@@H]1OC=C[C@H]1CO[Si](C(C)C)(C(C)C)C(C)C. The molecular weight excluding hydrogens is 252 g/mol. The first-order chi connectivity index (χ1) is 8.86. The van der Waals surface area contributed by atoms with E-state index in [0.29, 0.717) is 28.6 Å². The van der Waals surface area contributed by atoms with Crippen LogP contribution in [0.4, 0.5) is 0 Å². The normalized spacial score (nSPS) is 23.7. The van der Waals surface area contributed by atoms with Gasteiger partial charge in [-0.2, -0.15) is 0 Å². The van der Waals surface area contributed by atoms with Gasteiger partial charge in [0.25, 0.3) is 0 Å². The third-order valence-electron chi connectivity index (χ3n) is 4.69. The van der Waals surface area contributed by atoms with Gasteiger partial charge in [0.15, 0.2) is 8.32 Å². The van der Waals surface area contributed by atoms with Crippen LogP contribution in [0.2, 0.25) is 16.6 Å². The van der Waals surface area contributed by atoms with Gasteiger partial charge in [0.2, 0.25) is 0 Å². The molecule has 0 amide bonds. The first kappa shape index (κ1) is 16.8. The Balaban J connectivity index is 2.76. The zero-order valence-corrected chi connectivity index (χ0v) is 14.8. The minimum atomic E-state index is -1.73. The zero-order chi connectivity index (χ0) is 14.6. The third kappa shape index (κ3) is 3.43. The van der Waals surface area contributed by atoms with Crippen LogP contribution in [0.15, 0.2) is 12.3 Å². The van der Waals surface area contributed by atoms with Crippen LogP contribution >= 0.6 is 0 Å². The minimum Gasteiger partial charge on any atom is -0.498 e. The second-order valence-corrected chi connectivity index (χ2v) is 12.2. The Morgan fingerprint density at radius 3 is 2.00 bits per heavy atom. The first-order valence-electron chi connectivity index (χ1n) is 7.82. The maximum absolute atomic E-state index is 6.64. The highest BCUT2D eigenvalue weighted by atomic mass is 28.4. The quantitative estimate of drug-likeness (QED) is 0.604. The molecule has 0 saturated heterocycles. The summed E-state index contributed by atoms with van der Waals surface area (Å²) in [5.41, 5.74) is 1.96. The van der Waals surface area contributed by atoms with Crippen LogP contribution in [-0.4, -0.2) is 21.0 Å². The van der Waals surface area contributed by atoms with E-state index >= 15 is 0 Å². The summed E-state index contributed by atoms with van der Waals surface area (Å²) in [5, 5.41) is 0. The monoisotopic (exact) mass is 284 g/mol. The van der Waals surface area contributed by atoms with Crippen LogP contribution < -0.4 is 0 Å². The topological polar surface area (TPSA) is 18.5 Å². The lowest BCUT2D eigenvalue weighted by Gasteiger charge is -2.43. The fourth-order valence-electron chi connectivity index (χ4n) is 3.77. The van der Waals surface area contributed by atoms with Gasteiger partial charge in [0.05, 0.1) is 6.26 Å². The molecule has 0 spiro atoms. The highest BCUT2D eigenvalue weighted by Crippen LogP contribution is 2.42. The van der Waals surface area contributed by atoms with E-state index in [9.17, 15) is 0 Å². The van der Waals surface area contributed by atoms with Crippen molar-refractivity contribution in [2.45, 2.75) is 77.6 Å². The van der Waals surface area contributed by atoms with E-state index in [1.807, 2.05) is 6.26 Å². The average molecular weight is 285 g/mol. The molecule has 0 fully saturated rings. The van der Waals surface area contributed by atoms with E-state index in [4.69, 9.17) is 9.16 Å². The van der Waals surface area contributed by atoms with Crippen molar-refractivity contribution in [2.24, 2.45) is 5.92 Å². The smallest absolute Gasteiger partial charge is 0.200 e. The molecule has 1 heterocycles. The molecule has 2 nitrogen and oxygen atoms in total. The Hall–Kier alpha value is -0.283. The third-order valence-corrected chi connectivity index (χ3v) is 10.8. The molecule has 1 aliphatic heterocycles. The first-order valence-corrected chi connectivity index (χ1v) is 9.96. The van der Waals surface area contributed by atoms with Gasteiger partial charge in [-0.15, -0.1) is 0 Å². The van der Waals surface area contributed by atoms with Crippen LogP contribution in [0.5, 0.6) is 0 Å². The van der Waals surface area contributed by atoms with Gasteiger partial charge >= 0.3 is 0 Å². The Morgan fingerprint density at radius 2 is 1.58 bits per heavy atom. The molecule has 0 aromatic rings. The molecule has 0 aromatic heterocycles. The second kappa shape index (κ2) is 6.94. The average Bonchev–Trinajstić information content (AvgIpc) is 2.75. The van der Waals surface area contributed by atoms with Crippen molar-refractivity contribution in [3.63, 3.8) is 0 Å². The summed E-state index contributed by atoms with van der Waals surface area (Å²) >= 11 is 0. The van der Waals surface area contributed by atoms with E-state index in [1.54, 1.807) is 0 Å². The highest BCUT2D eigenvalue weighted by Gasteiger charge is 2.45. The molecule has 0 aliphatic carbocycles. The number of hydrogen-bond acceptors (Lipinski definition) is 2. The zero-order valence-electron chi connectivity index (χ0n) is 13.8. The van der Waals surface area contributed by atoms with Crippen LogP contribution in [0, 0.1) is 5.92 Å². The van der Waals surface area contributed by atoms with E-state index in [0.717, 1.165) is 13.0 Å². The Kier molecular flexibility index (Phi) is 6.12. The van der Waals surface area contributed by atoms with E-state index in [1.165, 1.54) is 0 Å². The van der Waals surface area contributed by atoms with Crippen molar-refractivity contribution >= 4 is 8.32 Å². The molecule has 1 rings (SSSR count). The summed E-state index contributed by atoms with van der Waals surface area (Å²) in [7, 11) is -1.73. The molecule has 0 aromatic carbocycles. The fourth-order valence-corrected chi connectivity index (χ4v) is 9.26. The van der Waals surface area contributed by atoms with Crippen molar-refractivity contribution in [2.75, 3.05) is 6.61 Å². The van der Waals surface area contributed by atoms with Crippen molar-refractivity contribution in [3.8, 4) is 0 Å². The van der Waals surface area contributed by atoms with Gasteiger partial charge in [-0.05, 0) is 29.1 Å². The largest absolute Gasteiger partial charge is 0.498 e. The number of ether oxygens (including phenoxy) is 1. The molecule has 0 saturated carbocycles. The molecule has 112 valence electrons. The van der Waals surface area contributed by atoms with Gasteiger partial charge in [0, 0.05) is 12.5 Å². The van der Waals surface area contributed by atoms with Crippen molar-refractivity contribution in [1.29, 1.82) is 0 Å². The van der Waals surface area contributed by atoms with Gasteiger partial charge in [-0.3, -0.25) is 0 Å². The van der Waals surface area contributed by atoms with Gasteiger partial charge < -0.3 is 9.16 Å². The predicted octanol–water partition coefficient (Wildman–Crippen LogP) is 5.12. The molecule has 0 radical (unpaired) electrons. The lowest BCUT2D eigenvalue weighted by molar-refractivity contribution is 0.0997. The van der Waals surface area contributed by atoms with Crippen LogP contribution in [0.25, 0.3) is 0 Å². The van der Waals surface area contributed by atoms with Gasteiger partial charge in [-0.25, -0.2) is 0 Å².